The third kappa shape index (κ3) is 3.71. The van der Waals surface area contributed by atoms with E-state index in [4.69, 9.17) is 9.47 Å². The number of likely N-dealkylation sites (tertiary alicyclic amines) is 1. The molecule has 0 saturated carbocycles. The number of aromatic amines is 1. The molecule has 2 aromatic carbocycles. The van der Waals surface area contributed by atoms with Crippen LogP contribution in [0.4, 0.5) is 4.79 Å². The fourth-order valence-corrected chi connectivity index (χ4v) is 6.85. The Kier molecular flexibility index (Phi) is 5.91. The number of para-hydroxylation sites is 1. The van der Waals surface area contributed by atoms with E-state index in [9.17, 15) is 4.79 Å². The van der Waals surface area contributed by atoms with E-state index in [2.05, 4.69) is 71.2 Å². The van der Waals surface area contributed by atoms with E-state index < -0.39 is 0 Å². The minimum atomic E-state index is -0.268. The second-order valence-corrected chi connectivity index (χ2v) is 10.5. The summed E-state index contributed by atoms with van der Waals surface area (Å²) in [5.41, 5.74) is 5.65. The predicted octanol–water partition coefficient (Wildman–Crippen LogP) is 5.48. The van der Waals surface area contributed by atoms with Gasteiger partial charge in [0.05, 0.1) is 26.3 Å². The molecule has 2 saturated heterocycles. The van der Waals surface area contributed by atoms with Gasteiger partial charge in [0, 0.05) is 66.5 Å². The van der Waals surface area contributed by atoms with E-state index in [0.29, 0.717) is 13.1 Å². The monoisotopic (exact) mass is 500 g/mol. The number of H-pyrrole nitrogens is 1. The highest BCUT2D eigenvalue weighted by Crippen LogP contribution is 2.49. The molecule has 3 aliphatic heterocycles. The number of ether oxygens (including phenoxy) is 2. The Labute approximate surface area is 218 Å². The molecule has 0 unspecified atom stereocenters. The van der Waals surface area contributed by atoms with Crippen molar-refractivity contribution in [2.45, 2.75) is 51.2 Å². The van der Waals surface area contributed by atoms with E-state index in [0.717, 1.165) is 60.8 Å². The van der Waals surface area contributed by atoms with Crippen LogP contribution in [0, 0.1) is 0 Å². The maximum Gasteiger partial charge on any atom is 0.325 e. The number of nitrogens with zero attached hydrogens (tertiary/aromatic N) is 3. The molecule has 1 spiro atoms. The molecule has 3 aromatic rings. The summed E-state index contributed by atoms with van der Waals surface area (Å²) in [5, 5.41) is 1.29. The summed E-state index contributed by atoms with van der Waals surface area (Å²) in [5.74, 6) is 1.70. The molecule has 2 fully saturated rings. The topological polar surface area (TPSA) is 61.0 Å². The largest absolute Gasteiger partial charge is 0.497 e. The van der Waals surface area contributed by atoms with Gasteiger partial charge in [-0.05, 0) is 43.0 Å². The zero-order chi connectivity index (χ0) is 25.7. The zero-order valence-corrected chi connectivity index (χ0v) is 22.2. The minimum absolute atomic E-state index is 0.112. The van der Waals surface area contributed by atoms with Crippen molar-refractivity contribution in [3.63, 3.8) is 0 Å². The van der Waals surface area contributed by atoms with Crippen molar-refractivity contribution in [1.29, 1.82) is 0 Å². The first kappa shape index (κ1) is 23.9. The Bertz CT molecular complexity index is 1370. The highest BCUT2D eigenvalue weighted by molar-refractivity contribution is 5.84. The summed E-state index contributed by atoms with van der Waals surface area (Å²) in [6.45, 7) is 8.38. The van der Waals surface area contributed by atoms with Crippen LogP contribution in [0.25, 0.3) is 10.9 Å². The number of carbonyl (C=O) groups excluding carboxylic acids is 1. The number of aromatic nitrogens is 1. The van der Waals surface area contributed by atoms with Crippen LogP contribution in [0.1, 0.15) is 49.3 Å². The number of fused-ring (bicyclic) bond motifs is 4. The van der Waals surface area contributed by atoms with Gasteiger partial charge >= 0.3 is 6.03 Å². The summed E-state index contributed by atoms with van der Waals surface area (Å²) >= 11 is 0. The summed E-state index contributed by atoms with van der Waals surface area (Å²) in [6, 6.07) is 12.6. The fraction of sp³-hybridized carbons (Fsp3) is 0.433. The highest BCUT2D eigenvalue weighted by Gasteiger charge is 2.54. The molecule has 1 N–H and O–H groups in total. The predicted molar refractivity (Wildman–Crippen MR) is 145 cm³/mol. The van der Waals surface area contributed by atoms with E-state index in [1.54, 1.807) is 14.2 Å². The Hall–Kier alpha value is -3.45. The molecule has 3 aliphatic rings. The molecule has 4 heterocycles. The Morgan fingerprint density at radius 1 is 1.11 bits per heavy atom. The number of methoxy groups -OCH3 is 2. The molecule has 37 heavy (non-hydrogen) atoms. The molecule has 1 atom stereocenters. The van der Waals surface area contributed by atoms with E-state index >= 15 is 0 Å². The first-order valence-corrected chi connectivity index (χ1v) is 13.3. The number of rotatable bonds is 5. The van der Waals surface area contributed by atoms with Crippen molar-refractivity contribution in [2.24, 2.45) is 0 Å². The van der Waals surface area contributed by atoms with Crippen LogP contribution < -0.4 is 9.47 Å². The molecule has 6 rings (SSSR count). The van der Waals surface area contributed by atoms with Gasteiger partial charge in [-0.25, -0.2) is 4.79 Å². The molecule has 194 valence electrons. The standard InChI is InChI=1S/C30H36N4O3/c1-5-34-29(35)33-19-21-15-23(36-3)16-26(37-4)28(21)20(2)14-27(33)30(34)10-12-32(13-11-30)18-22-17-31-25-9-7-6-8-24(22)25/h6-9,14-17,20,31H,5,10-13,18-19H2,1-4H3/t20-/m0/s1. The van der Waals surface area contributed by atoms with Crippen LogP contribution in [0.2, 0.25) is 0 Å². The van der Waals surface area contributed by atoms with Crippen LogP contribution in [0.15, 0.2) is 54.4 Å². The van der Waals surface area contributed by atoms with Crippen molar-refractivity contribution in [2.75, 3.05) is 33.9 Å². The molecule has 0 aliphatic carbocycles. The van der Waals surface area contributed by atoms with Crippen LogP contribution in [0.3, 0.4) is 0 Å². The van der Waals surface area contributed by atoms with Crippen molar-refractivity contribution in [3.8, 4) is 11.5 Å². The summed E-state index contributed by atoms with van der Waals surface area (Å²) in [4.78, 5) is 23.9. The molecular weight excluding hydrogens is 464 g/mol. The normalized spacial score (nSPS) is 21.1. The first-order valence-electron chi connectivity index (χ1n) is 13.3. The van der Waals surface area contributed by atoms with Gasteiger partial charge in [-0.1, -0.05) is 31.2 Å². The third-order valence-electron chi connectivity index (χ3n) is 8.66. The number of piperidine rings is 1. The smallest absolute Gasteiger partial charge is 0.325 e. The number of carbonyl (C=O) groups is 1. The lowest BCUT2D eigenvalue weighted by atomic mass is 9.82. The lowest BCUT2D eigenvalue weighted by Gasteiger charge is -2.44. The van der Waals surface area contributed by atoms with Crippen LogP contribution >= 0.6 is 0 Å². The summed E-state index contributed by atoms with van der Waals surface area (Å²) in [6.07, 6.45) is 6.33. The zero-order valence-electron chi connectivity index (χ0n) is 22.2. The van der Waals surface area contributed by atoms with Crippen LogP contribution in [0.5, 0.6) is 11.5 Å². The van der Waals surface area contributed by atoms with Gasteiger partial charge in [0.25, 0.3) is 0 Å². The number of allylic oxidation sites excluding steroid dienone is 1. The number of amides is 2. The van der Waals surface area contributed by atoms with Crippen molar-refractivity contribution < 1.29 is 14.3 Å². The third-order valence-corrected chi connectivity index (χ3v) is 8.66. The van der Waals surface area contributed by atoms with E-state index in [1.165, 1.54) is 16.5 Å². The molecule has 0 radical (unpaired) electrons. The number of urea groups is 1. The van der Waals surface area contributed by atoms with Crippen LogP contribution in [-0.4, -0.2) is 65.1 Å². The number of hydrogen-bond acceptors (Lipinski definition) is 4. The van der Waals surface area contributed by atoms with E-state index in [-0.39, 0.29) is 17.5 Å². The number of nitrogens with one attached hydrogen (secondary N) is 1. The second kappa shape index (κ2) is 9.14. The summed E-state index contributed by atoms with van der Waals surface area (Å²) < 4.78 is 11.3. The molecule has 2 amide bonds. The maximum atomic E-state index is 13.8. The quantitative estimate of drug-likeness (QED) is 0.504. The van der Waals surface area contributed by atoms with E-state index in [1.807, 2.05) is 11.0 Å². The maximum absolute atomic E-state index is 13.8. The highest BCUT2D eigenvalue weighted by atomic mass is 16.5. The molecule has 7 nitrogen and oxygen atoms in total. The fourth-order valence-electron chi connectivity index (χ4n) is 6.85. The molecule has 1 aromatic heterocycles. The molecule has 7 heteroatoms. The van der Waals surface area contributed by atoms with Gasteiger partial charge in [-0.2, -0.15) is 0 Å². The van der Waals surface area contributed by atoms with Crippen molar-refractivity contribution >= 4 is 16.9 Å². The van der Waals surface area contributed by atoms with Gasteiger partial charge in [-0.3, -0.25) is 9.80 Å². The van der Waals surface area contributed by atoms with Gasteiger partial charge in [-0.15, -0.1) is 0 Å². The van der Waals surface area contributed by atoms with Gasteiger partial charge < -0.3 is 19.4 Å². The van der Waals surface area contributed by atoms with Gasteiger partial charge in [0.2, 0.25) is 0 Å². The Balaban J connectivity index is 1.31. The SMILES string of the molecule is CCN1C(=O)N2Cc3cc(OC)cc(OC)c3[C@@H](C)C=C2C12CCN(Cc1c[nH]c3ccccc13)CC2. The average molecular weight is 501 g/mol. The lowest BCUT2D eigenvalue weighted by Crippen LogP contribution is -2.53. The Morgan fingerprint density at radius 2 is 1.89 bits per heavy atom. The number of likely N-dealkylation sites (N-methyl/N-ethyl adjacent to an activating group) is 1. The van der Waals surface area contributed by atoms with Gasteiger partial charge in [0.1, 0.15) is 11.5 Å². The average Bonchev–Trinajstić information content (AvgIpc) is 3.35. The molecule has 0 bridgehead atoms. The Morgan fingerprint density at radius 3 is 2.62 bits per heavy atom. The summed E-state index contributed by atoms with van der Waals surface area (Å²) in [7, 11) is 3.37. The second-order valence-electron chi connectivity index (χ2n) is 10.5. The minimum Gasteiger partial charge on any atom is -0.497 e. The lowest BCUT2D eigenvalue weighted by molar-refractivity contribution is 0.0890. The first-order chi connectivity index (χ1) is 18.0. The van der Waals surface area contributed by atoms with Crippen LogP contribution in [-0.2, 0) is 13.1 Å². The number of hydrogen-bond donors (Lipinski definition) is 1. The molecular formula is C30H36N4O3. The van der Waals surface area contributed by atoms with Crippen molar-refractivity contribution in [3.05, 3.63) is 71.1 Å². The van der Waals surface area contributed by atoms with Gasteiger partial charge in [0.15, 0.2) is 0 Å². The van der Waals surface area contributed by atoms with Crippen molar-refractivity contribution in [1.82, 2.24) is 19.7 Å². The number of benzene rings is 2.